The Kier molecular flexibility index (Phi) is 5.64. The van der Waals surface area contributed by atoms with E-state index in [2.05, 4.69) is 67.7 Å². The van der Waals surface area contributed by atoms with E-state index in [0.717, 1.165) is 6.61 Å². The highest BCUT2D eigenvalue weighted by Gasteiger charge is 2.43. The van der Waals surface area contributed by atoms with Gasteiger partial charge in [-0.05, 0) is 29.2 Å². The summed E-state index contributed by atoms with van der Waals surface area (Å²) < 4.78 is 12.4. The van der Waals surface area contributed by atoms with Crippen LogP contribution in [0.2, 0.25) is 42.3 Å². The lowest BCUT2D eigenvalue weighted by Gasteiger charge is -2.45. The highest BCUT2D eigenvalue weighted by Crippen LogP contribution is 2.43. The summed E-state index contributed by atoms with van der Waals surface area (Å²) in [4.78, 5) is 0. The molecule has 1 aliphatic heterocycles. The minimum atomic E-state index is -1.62. The van der Waals surface area contributed by atoms with Crippen LogP contribution in [-0.2, 0) is 9.16 Å². The minimum Gasteiger partial charge on any atom is -0.414 e. The van der Waals surface area contributed by atoms with Gasteiger partial charge in [0.05, 0.1) is 26.9 Å². The van der Waals surface area contributed by atoms with Crippen LogP contribution in [-0.4, -0.2) is 35.2 Å². The monoisotopic (exact) mass is 330 g/mol. The standard InChI is InChI=1S/C17H38O2Si2/c1-16(2,3)20(7,8)13-15-11-14(19-15)12-18-21(9,10)17(4,5)6/h14-15H,11-13H2,1-10H3/t14-,15-/m0/s1. The molecule has 0 radical (unpaired) electrons. The van der Waals surface area contributed by atoms with Gasteiger partial charge in [-0.2, -0.15) is 0 Å². The van der Waals surface area contributed by atoms with Crippen LogP contribution in [0.4, 0.5) is 0 Å². The first-order valence-corrected chi connectivity index (χ1v) is 14.6. The summed E-state index contributed by atoms with van der Waals surface area (Å²) in [6.45, 7) is 24.5. The van der Waals surface area contributed by atoms with Crippen molar-refractivity contribution < 1.29 is 9.16 Å². The lowest BCUT2D eigenvalue weighted by atomic mass is 10.1. The third-order valence-electron chi connectivity index (χ3n) is 6.12. The first-order valence-electron chi connectivity index (χ1n) is 8.45. The smallest absolute Gasteiger partial charge is 0.192 e. The fraction of sp³-hybridized carbons (Fsp3) is 1.00. The molecule has 0 N–H and O–H groups in total. The quantitative estimate of drug-likeness (QED) is 0.604. The molecular weight excluding hydrogens is 292 g/mol. The van der Waals surface area contributed by atoms with Crippen molar-refractivity contribution in [2.75, 3.05) is 6.61 Å². The molecule has 0 saturated carbocycles. The Bertz CT molecular complexity index is 345. The molecule has 2 nitrogen and oxygen atoms in total. The van der Waals surface area contributed by atoms with Crippen LogP contribution in [0.3, 0.4) is 0 Å². The molecule has 0 bridgehead atoms. The van der Waals surface area contributed by atoms with Gasteiger partial charge in [-0.15, -0.1) is 0 Å². The predicted molar refractivity (Wildman–Crippen MR) is 98.4 cm³/mol. The van der Waals surface area contributed by atoms with Crippen molar-refractivity contribution in [2.45, 2.75) is 102 Å². The number of hydrogen-bond acceptors (Lipinski definition) is 2. The van der Waals surface area contributed by atoms with Gasteiger partial charge >= 0.3 is 0 Å². The van der Waals surface area contributed by atoms with E-state index in [-0.39, 0.29) is 5.04 Å². The van der Waals surface area contributed by atoms with Gasteiger partial charge in [-0.3, -0.25) is 0 Å². The molecule has 0 aromatic rings. The van der Waals surface area contributed by atoms with Crippen molar-refractivity contribution in [3.8, 4) is 0 Å². The zero-order valence-electron chi connectivity index (χ0n) is 16.1. The molecule has 21 heavy (non-hydrogen) atoms. The molecule has 1 aliphatic rings. The third-order valence-corrected chi connectivity index (χ3v) is 16.2. The summed E-state index contributed by atoms with van der Waals surface area (Å²) >= 11 is 0. The maximum absolute atomic E-state index is 6.27. The average Bonchev–Trinajstić information content (AvgIpc) is 2.17. The second kappa shape index (κ2) is 6.10. The molecule has 0 amide bonds. The van der Waals surface area contributed by atoms with Crippen molar-refractivity contribution in [3.63, 3.8) is 0 Å². The van der Waals surface area contributed by atoms with Gasteiger partial charge in [0, 0.05) is 6.42 Å². The SMILES string of the molecule is CC(C)(C)[Si](C)(C)C[C@@H]1C[C@@H](CO[Si](C)(C)C(C)(C)C)O1. The molecule has 0 aromatic heterocycles. The fourth-order valence-corrected chi connectivity index (χ4v) is 5.24. The van der Waals surface area contributed by atoms with Crippen LogP contribution in [0, 0.1) is 0 Å². The van der Waals surface area contributed by atoms with E-state index in [4.69, 9.17) is 9.16 Å². The number of rotatable bonds is 5. The summed E-state index contributed by atoms with van der Waals surface area (Å²) in [7, 11) is -2.83. The summed E-state index contributed by atoms with van der Waals surface area (Å²) in [5.74, 6) is 0. The molecule has 1 rings (SSSR count). The average molecular weight is 331 g/mol. The van der Waals surface area contributed by atoms with Crippen LogP contribution >= 0.6 is 0 Å². The molecule has 2 atom stereocenters. The lowest BCUT2D eigenvalue weighted by Crippen LogP contribution is -2.50. The molecule has 126 valence electrons. The van der Waals surface area contributed by atoms with Crippen LogP contribution in [0.5, 0.6) is 0 Å². The highest BCUT2D eigenvalue weighted by molar-refractivity contribution is 6.80. The van der Waals surface area contributed by atoms with E-state index < -0.39 is 16.4 Å². The number of hydrogen-bond donors (Lipinski definition) is 0. The molecule has 1 heterocycles. The summed E-state index contributed by atoms with van der Waals surface area (Å²) in [5.41, 5.74) is 0. The second-order valence-corrected chi connectivity index (χ2v) is 20.5. The van der Waals surface area contributed by atoms with Gasteiger partial charge in [-0.1, -0.05) is 54.6 Å². The Balaban J connectivity index is 2.35. The van der Waals surface area contributed by atoms with Gasteiger partial charge in [0.2, 0.25) is 0 Å². The Morgan fingerprint density at radius 3 is 1.76 bits per heavy atom. The van der Waals surface area contributed by atoms with Crippen LogP contribution < -0.4 is 0 Å². The van der Waals surface area contributed by atoms with E-state index in [0.29, 0.717) is 17.2 Å². The summed E-state index contributed by atoms with van der Waals surface area (Å²) in [6, 6.07) is 1.28. The van der Waals surface area contributed by atoms with Crippen molar-refractivity contribution in [3.05, 3.63) is 0 Å². The molecular formula is C17H38O2Si2. The molecule has 0 spiro atoms. The molecule has 1 saturated heterocycles. The van der Waals surface area contributed by atoms with Gasteiger partial charge in [0.15, 0.2) is 8.32 Å². The highest BCUT2D eigenvalue weighted by atomic mass is 28.4. The van der Waals surface area contributed by atoms with E-state index >= 15 is 0 Å². The topological polar surface area (TPSA) is 18.5 Å². The summed E-state index contributed by atoms with van der Waals surface area (Å²) in [6.07, 6.45) is 2.02. The van der Waals surface area contributed by atoms with Gasteiger partial charge in [0.25, 0.3) is 0 Å². The first-order chi connectivity index (χ1) is 9.16. The molecule has 4 heteroatoms. The van der Waals surface area contributed by atoms with Crippen molar-refractivity contribution in [2.24, 2.45) is 0 Å². The first kappa shape index (κ1) is 19.4. The van der Waals surface area contributed by atoms with Crippen molar-refractivity contribution in [1.82, 2.24) is 0 Å². The zero-order chi connectivity index (χ0) is 16.7. The zero-order valence-corrected chi connectivity index (χ0v) is 18.1. The Labute approximate surface area is 135 Å². The van der Waals surface area contributed by atoms with Gasteiger partial charge in [-0.25, -0.2) is 0 Å². The van der Waals surface area contributed by atoms with Crippen molar-refractivity contribution >= 4 is 16.4 Å². The third kappa shape index (κ3) is 4.91. The Hall–Kier alpha value is 0.354. The maximum atomic E-state index is 6.27. The maximum Gasteiger partial charge on any atom is 0.192 e. The van der Waals surface area contributed by atoms with Crippen LogP contribution in [0.15, 0.2) is 0 Å². The normalized spacial score (nSPS) is 24.9. The minimum absolute atomic E-state index is 0.289. The van der Waals surface area contributed by atoms with E-state index in [1.54, 1.807) is 0 Å². The summed E-state index contributed by atoms with van der Waals surface area (Å²) in [5, 5.41) is 0.746. The van der Waals surface area contributed by atoms with Gasteiger partial charge < -0.3 is 9.16 Å². The van der Waals surface area contributed by atoms with Crippen molar-refractivity contribution in [1.29, 1.82) is 0 Å². The molecule has 0 aliphatic carbocycles. The van der Waals surface area contributed by atoms with E-state index in [1.165, 1.54) is 12.5 Å². The van der Waals surface area contributed by atoms with Crippen LogP contribution in [0.25, 0.3) is 0 Å². The second-order valence-electron chi connectivity index (χ2n) is 10.0. The Morgan fingerprint density at radius 2 is 1.38 bits per heavy atom. The largest absolute Gasteiger partial charge is 0.414 e. The number of ether oxygens (including phenoxy) is 1. The molecule has 0 aromatic carbocycles. The van der Waals surface area contributed by atoms with Gasteiger partial charge in [0.1, 0.15) is 0 Å². The fourth-order valence-electron chi connectivity index (χ4n) is 2.19. The van der Waals surface area contributed by atoms with E-state index in [1.807, 2.05) is 0 Å². The Morgan fingerprint density at radius 1 is 0.905 bits per heavy atom. The molecule has 0 unspecified atom stereocenters. The molecule has 1 fully saturated rings. The van der Waals surface area contributed by atoms with E-state index in [9.17, 15) is 0 Å². The lowest BCUT2D eigenvalue weighted by molar-refractivity contribution is -0.130. The van der Waals surface area contributed by atoms with Crippen LogP contribution in [0.1, 0.15) is 48.0 Å². The predicted octanol–water partition coefficient (Wildman–Crippen LogP) is 5.67.